The molecular weight excluding hydrogens is 294 g/mol. The summed E-state index contributed by atoms with van der Waals surface area (Å²) in [7, 11) is 0. The lowest BCUT2D eigenvalue weighted by atomic mass is 10.2. The number of hydrogen-bond acceptors (Lipinski definition) is 2. The zero-order chi connectivity index (χ0) is 14.6. The molecule has 0 aromatic carbocycles. The molecule has 0 aromatic rings. The van der Waals surface area contributed by atoms with Gasteiger partial charge in [0.25, 0.3) is 5.76 Å². The predicted molar refractivity (Wildman–Crippen MR) is 31.2 cm³/mol. The molecule has 0 saturated heterocycles. The second-order valence-electron chi connectivity index (χ2n) is 2.92. The number of rotatable bonds is 0. The molecule has 0 amide bonds. The highest BCUT2D eigenvalue weighted by atomic mass is 19.4. The monoisotopic (exact) mass is 294 g/mol. The van der Waals surface area contributed by atoms with Crippen LogP contribution in [0.4, 0.5) is 43.9 Å². The molecule has 0 saturated carbocycles. The van der Waals surface area contributed by atoms with E-state index in [9.17, 15) is 43.9 Å². The molecule has 0 radical (unpaired) electrons. The third-order valence-corrected chi connectivity index (χ3v) is 1.66. The van der Waals surface area contributed by atoms with Gasteiger partial charge in [-0.1, -0.05) is 0 Å². The summed E-state index contributed by atoms with van der Waals surface area (Å²) in [4.78, 5) is 0. The molecule has 1 aliphatic rings. The Morgan fingerprint density at radius 1 is 0.722 bits per heavy atom. The van der Waals surface area contributed by atoms with Crippen molar-refractivity contribution in [1.82, 2.24) is 0 Å². The highest BCUT2D eigenvalue weighted by Gasteiger charge is 2.81. The van der Waals surface area contributed by atoms with Gasteiger partial charge >= 0.3 is 30.3 Å². The Balaban J connectivity index is 3.27. The van der Waals surface area contributed by atoms with Gasteiger partial charge in [0.05, 0.1) is 0 Å². The number of hydrogen-bond donors (Lipinski definition) is 0. The van der Waals surface area contributed by atoms with Gasteiger partial charge in [-0.2, -0.15) is 43.9 Å². The van der Waals surface area contributed by atoms with Crippen LogP contribution in [0.1, 0.15) is 0 Å². The molecule has 106 valence electrons. The van der Waals surface area contributed by atoms with E-state index in [0.29, 0.717) is 0 Å². The second kappa shape index (κ2) is 3.57. The minimum atomic E-state index is -6.46. The van der Waals surface area contributed by atoms with Crippen LogP contribution in [0.3, 0.4) is 0 Å². The van der Waals surface area contributed by atoms with E-state index in [1.807, 2.05) is 0 Å². The van der Waals surface area contributed by atoms with Crippen LogP contribution in [0.25, 0.3) is 0 Å². The lowest BCUT2D eigenvalue weighted by molar-refractivity contribution is -0.443. The minimum Gasteiger partial charge on any atom is -0.427 e. The number of ether oxygens (including phenoxy) is 2. The third-order valence-electron chi connectivity index (χ3n) is 1.66. The molecule has 2 nitrogen and oxygen atoms in total. The van der Waals surface area contributed by atoms with Crippen molar-refractivity contribution in [2.45, 2.75) is 24.3 Å². The van der Waals surface area contributed by atoms with Crippen LogP contribution in [0.2, 0.25) is 0 Å². The molecule has 0 N–H and O–H groups in total. The van der Waals surface area contributed by atoms with Crippen LogP contribution < -0.4 is 0 Å². The normalized spacial score (nSPS) is 20.8. The molecule has 0 aliphatic carbocycles. The summed E-state index contributed by atoms with van der Waals surface area (Å²) in [5, 5.41) is 0. The molecule has 0 unspecified atom stereocenters. The van der Waals surface area contributed by atoms with Crippen molar-refractivity contribution in [3.8, 4) is 0 Å². The summed E-state index contributed by atoms with van der Waals surface area (Å²) in [6, 6.07) is -3.14. The maximum atomic E-state index is 12.5. The van der Waals surface area contributed by atoms with Crippen molar-refractivity contribution in [2.75, 3.05) is 0 Å². The number of allylic oxidation sites excluding steroid dienone is 1. The summed E-state index contributed by atoms with van der Waals surface area (Å²) >= 11 is 0. The van der Waals surface area contributed by atoms with Gasteiger partial charge in [0.2, 0.25) is 0 Å². The molecule has 1 aliphatic heterocycles. The highest BCUT2D eigenvalue weighted by Crippen LogP contribution is 2.54. The van der Waals surface area contributed by atoms with Crippen molar-refractivity contribution in [3.63, 3.8) is 0 Å². The Bertz CT molecular complexity index is 357. The van der Waals surface area contributed by atoms with Gasteiger partial charge in [-0.15, -0.1) is 0 Å². The van der Waals surface area contributed by atoms with Gasteiger partial charge in [-0.25, -0.2) is 0 Å². The highest BCUT2D eigenvalue weighted by molar-refractivity contribution is 5.12. The summed E-state index contributed by atoms with van der Waals surface area (Å²) in [6.45, 7) is 0. The van der Waals surface area contributed by atoms with Crippen molar-refractivity contribution in [2.24, 2.45) is 0 Å². The number of halogens is 10. The zero-order valence-electron chi connectivity index (χ0n) is 7.60. The van der Waals surface area contributed by atoms with E-state index in [1.165, 1.54) is 0 Å². The van der Waals surface area contributed by atoms with E-state index in [0.717, 1.165) is 0 Å². The summed E-state index contributed by atoms with van der Waals surface area (Å²) in [5.74, 6) is -8.83. The summed E-state index contributed by atoms with van der Waals surface area (Å²) < 4.78 is 126. The van der Waals surface area contributed by atoms with Gasteiger partial charge < -0.3 is 9.47 Å². The maximum Gasteiger partial charge on any atom is 0.478 e. The molecule has 18 heavy (non-hydrogen) atoms. The average Bonchev–Trinajstić information content (AvgIpc) is 2.40. The van der Waals surface area contributed by atoms with E-state index in [-0.39, 0.29) is 0 Å². The van der Waals surface area contributed by atoms with Crippen LogP contribution in [-0.4, -0.2) is 24.3 Å². The predicted octanol–water partition coefficient (Wildman–Crippen LogP) is 3.55. The Labute approximate surface area is 90.8 Å². The van der Waals surface area contributed by atoms with Crippen molar-refractivity contribution in [1.29, 1.82) is 0 Å². The Kier molecular flexibility index (Phi) is 2.92. The van der Waals surface area contributed by atoms with Crippen LogP contribution in [0.15, 0.2) is 11.8 Å². The first kappa shape index (κ1) is 14.7. The van der Waals surface area contributed by atoms with Gasteiger partial charge in [0, 0.05) is 0 Å². The molecular formula is C6F10O2. The fourth-order valence-electron chi connectivity index (χ4n) is 0.939. The maximum absolute atomic E-state index is 12.5. The standard InChI is InChI=1S/C6F10O2/c7-2-1(3(8,9)10)17-4(18-2,5(11,12)13)6(14,15)16. The van der Waals surface area contributed by atoms with Crippen molar-refractivity contribution < 1.29 is 53.4 Å². The molecule has 1 rings (SSSR count). The van der Waals surface area contributed by atoms with E-state index in [4.69, 9.17) is 0 Å². The van der Waals surface area contributed by atoms with Gasteiger partial charge in [-0.3, -0.25) is 0 Å². The summed E-state index contributed by atoms with van der Waals surface area (Å²) in [6.07, 6.45) is -18.8. The molecule has 0 spiro atoms. The van der Waals surface area contributed by atoms with E-state index in [2.05, 4.69) is 9.47 Å². The average molecular weight is 294 g/mol. The Morgan fingerprint density at radius 3 is 1.28 bits per heavy atom. The smallest absolute Gasteiger partial charge is 0.427 e. The lowest BCUT2D eigenvalue weighted by Gasteiger charge is -2.31. The fraction of sp³-hybridized carbons (Fsp3) is 0.667. The quantitative estimate of drug-likeness (QED) is 0.636. The van der Waals surface area contributed by atoms with Gasteiger partial charge in [0.1, 0.15) is 0 Å². The lowest BCUT2D eigenvalue weighted by Crippen LogP contribution is -2.58. The zero-order valence-corrected chi connectivity index (χ0v) is 7.60. The third kappa shape index (κ3) is 2.03. The first-order valence-corrected chi connectivity index (χ1v) is 3.71. The van der Waals surface area contributed by atoms with Crippen LogP contribution in [0, 0.1) is 0 Å². The first-order valence-electron chi connectivity index (χ1n) is 3.71. The molecule has 12 heteroatoms. The molecule has 0 fully saturated rings. The first-order chi connectivity index (χ1) is 7.72. The molecule has 1 heterocycles. The molecule has 0 bridgehead atoms. The van der Waals surface area contributed by atoms with Crippen LogP contribution in [-0.2, 0) is 9.47 Å². The Morgan fingerprint density at radius 2 is 1.11 bits per heavy atom. The van der Waals surface area contributed by atoms with Crippen LogP contribution >= 0.6 is 0 Å². The van der Waals surface area contributed by atoms with Gasteiger partial charge in [-0.05, 0) is 0 Å². The van der Waals surface area contributed by atoms with E-state index in [1.54, 1.807) is 0 Å². The summed E-state index contributed by atoms with van der Waals surface area (Å²) in [5.41, 5.74) is 0. The van der Waals surface area contributed by atoms with Crippen molar-refractivity contribution >= 4 is 0 Å². The SMILES string of the molecule is FC1=C(C(F)(F)F)OC(C(F)(F)F)(C(F)(F)F)O1. The number of alkyl halides is 9. The molecule has 0 atom stereocenters. The van der Waals surface area contributed by atoms with E-state index < -0.39 is 36.1 Å². The van der Waals surface area contributed by atoms with Crippen LogP contribution in [0.5, 0.6) is 0 Å². The largest absolute Gasteiger partial charge is 0.478 e. The van der Waals surface area contributed by atoms with Crippen molar-refractivity contribution in [3.05, 3.63) is 11.8 Å². The second-order valence-corrected chi connectivity index (χ2v) is 2.92. The fourth-order valence-corrected chi connectivity index (χ4v) is 0.939. The minimum absolute atomic E-state index is 2.64. The van der Waals surface area contributed by atoms with Gasteiger partial charge in [0.15, 0.2) is 0 Å². The topological polar surface area (TPSA) is 18.5 Å². The Hall–Kier alpha value is -1.36. The van der Waals surface area contributed by atoms with E-state index >= 15 is 0 Å². The molecule has 0 aromatic heterocycles.